The van der Waals surface area contributed by atoms with Crippen LogP contribution < -0.4 is 0 Å². The lowest BCUT2D eigenvalue weighted by molar-refractivity contribution is -0.149. The predicted octanol–water partition coefficient (Wildman–Crippen LogP) is 0.0204. The Kier molecular flexibility index (Phi) is 4.39. The average molecular weight is 268 g/mol. The molecule has 0 N–H and O–H groups in total. The zero-order valence-corrected chi connectivity index (χ0v) is 11.3. The van der Waals surface area contributed by atoms with E-state index in [2.05, 4.69) is 0 Å². The van der Waals surface area contributed by atoms with Gasteiger partial charge in [0.25, 0.3) is 0 Å². The van der Waals surface area contributed by atoms with Crippen molar-refractivity contribution in [1.82, 2.24) is 9.80 Å². The first-order valence-electron chi connectivity index (χ1n) is 6.75. The second-order valence-corrected chi connectivity index (χ2v) is 5.12. The molecule has 106 valence electrons. The first-order chi connectivity index (χ1) is 9.11. The molecular weight excluding hydrogens is 248 g/mol. The number of amides is 2. The molecule has 0 saturated carbocycles. The third-order valence-corrected chi connectivity index (χ3v) is 3.81. The van der Waals surface area contributed by atoms with Gasteiger partial charge in [0.2, 0.25) is 11.8 Å². The number of piperidine rings is 1. The van der Waals surface area contributed by atoms with Crippen molar-refractivity contribution in [1.29, 1.82) is 0 Å². The van der Waals surface area contributed by atoms with Gasteiger partial charge in [-0.15, -0.1) is 0 Å². The number of hydrogen-bond acceptors (Lipinski definition) is 4. The Morgan fingerprint density at radius 2 is 2.11 bits per heavy atom. The van der Waals surface area contributed by atoms with Crippen LogP contribution in [0.3, 0.4) is 0 Å². The van der Waals surface area contributed by atoms with Gasteiger partial charge in [-0.25, -0.2) is 0 Å². The van der Waals surface area contributed by atoms with Crippen molar-refractivity contribution in [2.45, 2.75) is 25.7 Å². The van der Waals surface area contributed by atoms with Crippen molar-refractivity contribution in [3.8, 4) is 0 Å². The maximum absolute atomic E-state index is 12.1. The Labute approximate surface area is 112 Å². The van der Waals surface area contributed by atoms with Crippen LogP contribution in [-0.2, 0) is 19.1 Å². The summed E-state index contributed by atoms with van der Waals surface area (Å²) in [4.78, 5) is 38.4. The van der Waals surface area contributed by atoms with Crippen LogP contribution in [0, 0.1) is 5.92 Å². The predicted molar refractivity (Wildman–Crippen MR) is 67.1 cm³/mol. The van der Waals surface area contributed by atoms with Crippen LogP contribution >= 0.6 is 0 Å². The fraction of sp³-hybridized carbons (Fsp3) is 0.769. The monoisotopic (exact) mass is 268 g/mol. The molecule has 19 heavy (non-hydrogen) atoms. The fourth-order valence-corrected chi connectivity index (χ4v) is 2.70. The van der Waals surface area contributed by atoms with Crippen molar-refractivity contribution < 1.29 is 19.1 Å². The van der Waals surface area contributed by atoms with E-state index in [-0.39, 0.29) is 30.2 Å². The molecule has 6 heteroatoms. The molecular formula is C13H20N2O4. The molecule has 0 aliphatic carbocycles. The number of esters is 1. The summed E-state index contributed by atoms with van der Waals surface area (Å²) in [7, 11) is 1.37. The molecule has 0 spiro atoms. The molecule has 0 aromatic heterocycles. The highest BCUT2D eigenvalue weighted by molar-refractivity contribution is 5.86. The van der Waals surface area contributed by atoms with Crippen LogP contribution in [0.25, 0.3) is 0 Å². The SMILES string of the molecule is COC(=O)C1CCCN(C(=O)CN2CCCC2=O)C1. The van der Waals surface area contributed by atoms with Gasteiger partial charge in [-0.05, 0) is 19.3 Å². The van der Waals surface area contributed by atoms with E-state index in [4.69, 9.17) is 4.74 Å². The van der Waals surface area contributed by atoms with Crippen LogP contribution in [-0.4, -0.2) is 60.9 Å². The molecule has 0 radical (unpaired) electrons. The summed E-state index contributed by atoms with van der Waals surface area (Å²) in [5.41, 5.74) is 0. The van der Waals surface area contributed by atoms with E-state index in [1.807, 2.05) is 0 Å². The van der Waals surface area contributed by atoms with Crippen LogP contribution in [0.4, 0.5) is 0 Å². The normalized spacial score (nSPS) is 23.6. The molecule has 2 fully saturated rings. The molecule has 2 amide bonds. The summed E-state index contributed by atoms with van der Waals surface area (Å²) in [6.07, 6.45) is 2.94. The highest BCUT2D eigenvalue weighted by Crippen LogP contribution is 2.18. The van der Waals surface area contributed by atoms with Gasteiger partial charge < -0.3 is 14.5 Å². The molecule has 2 saturated heterocycles. The Morgan fingerprint density at radius 3 is 2.74 bits per heavy atom. The van der Waals surface area contributed by atoms with Crippen molar-refractivity contribution in [3.63, 3.8) is 0 Å². The zero-order chi connectivity index (χ0) is 13.8. The Balaban J connectivity index is 1.88. The number of carbonyl (C=O) groups excluding carboxylic acids is 3. The zero-order valence-electron chi connectivity index (χ0n) is 11.3. The number of rotatable bonds is 3. The van der Waals surface area contributed by atoms with E-state index >= 15 is 0 Å². The van der Waals surface area contributed by atoms with Gasteiger partial charge in [-0.3, -0.25) is 14.4 Å². The summed E-state index contributed by atoms with van der Waals surface area (Å²) in [6.45, 7) is 1.88. The Bertz CT molecular complexity index is 383. The summed E-state index contributed by atoms with van der Waals surface area (Å²) < 4.78 is 4.73. The van der Waals surface area contributed by atoms with Gasteiger partial charge in [-0.2, -0.15) is 0 Å². The van der Waals surface area contributed by atoms with Gasteiger partial charge in [0.15, 0.2) is 0 Å². The van der Waals surface area contributed by atoms with E-state index in [9.17, 15) is 14.4 Å². The molecule has 0 aromatic rings. The quantitative estimate of drug-likeness (QED) is 0.677. The van der Waals surface area contributed by atoms with Crippen molar-refractivity contribution in [2.24, 2.45) is 5.92 Å². The van der Waals surface area contributed by atoms with Crippen molar-refractivity contribution in [3.05, 3.63) is 0 Å². The summed E-state index contributed by atoms with van der Waals surface area (Å²) in [6, 6.07) is 0. The lowest BCUT2D eigenvalue weighted by atomic mass is 9.98. The number of likely N-dealkylation sites (tertiary alicyclic amines) is 2. The van der Waals surface area contributed by atoms with Crippen LogP contribution in [0.5, 0.6) is 0 Å². The van der Waals surface area contributed by atoms with Crippen molar-refractivity contribution >= 4 is 17.8 Å². The first kappa shape index (κ1) is 13.8. The molecule has 1 atom stereocenters. The largest absolute Gasteiger partial charge is 0.469 e. The number of ether oxygens (including phenoxy) is 1. The van der Waals surface area contributed by atoms with E-state index in [0.29, 0.717) is 26.1 Å². The maximum atomic E-state index is 12.1. The van der Waals surface area contributed by atoms with Crippen LogP contribution in [0.2, 0.25) is 0 Å². The second kappa shape index (κ2) is 6.04. The maximum Gasteiger partial charge on any atom is 0.310 e. The third-order valence-electron chi connectivity index (χ3n) is 3.81. The molecule has 6 nitrogen and oxygen atoms in total. The molecule has 2 heterocycles. The molecule has 0 aromatic carbocycles. The lowest BCUT2D eigenvalue weighted by Gasteiger charge is -2.32. The topological polar surface area (TPSA) is 66.9 Å². The van der Waals surface area contributed by atoms with Gasteiger partial charge in [0.05, 0.1) is 19.6 Å². The van der Waals surface area contributed by atoms with E-state index < -0.39 is 0 Å². The summed E-state index contributed by atoms with van der Waals surface area (Å²) in [5, 5.41) is 0. The molecule has 0 bridgehead atoms. The van der Waals surface area contributed by atoms with Gasteiger partial charge in [-0.1, -0.05) is 0 Å². The second-order valence-electron chi connectivity index (χ2n) is 5.12. The average Bonchev–Trinajstić information content (AvgIpc) is 2.83. The number of hydrogen-bond donors (Lipinski definition) is 0. The standard InChI is InChI=1S/C13H20N2O4/c1-19-13(18)10-4-2-6-14(8-10)12(17)9-15-7-3-5-11(15)16/h10H,2-9H2,1H3. The van der Waals surface area contributed by atoms with E-state index in [0.717, 1.165) is 19.3 Å². The number of methoxy groups -OCH3 is 1. The minimum absolute atomic E-state index is 0.0508. The first-order valence-corrected chi connectivity index (χ1v) is 6.75. The molecule has 1 unspecified atom stereocenters. The molecule has 2 rings (SSSR count). The summed E-state index contributed by atoms with van der Waals surface area (Å²) >= 11 is 0. The number of nitrogens with zero attached hydrogens (tertiary/aromatic N) is 2. The highest BCUT2D eigenvalue weighted by atomic mass is 16.5. The van der Waals surface area contributed by atoms with E-state index in [1.165, 1.54) is 7.11 Å². The smallest absolute Gasteiger partial charge is 0.310 e. The lowest BCUT2D eigenvalue weighted by Crippen LogP contribution is -2.47. The molecule has 2 aliphatic heterocycles. The fourth-order valence-electron chi connectivity index (χ4n) is 2.70. The third kappa shape index (κ3) is 3.24. The Morgan fingerprint density at radius 1 is 1.32 bits per heavy atom. The van der Waals surface area contributed by atoms with Gasteiger partial charge in [0.1, 0.15) is 0 Å². The van der Waals surface area contributed by atoms with Gasteiger partial charge >= 0.3 is 5.97 Å². The minimum Gasteiger partial charge on any atom is -0.469 e. The van der Waals surface area contributed by atoms with E-state index in [1.54, 1.807) is 9.80 Å². The highest BCUT2D eigenvalue weighted by Gasteiger charge is 2.31. The number of carbonyl (C=O) groups is 3. The summed E-state index contributed by atoms with van der Waals surface area (Å²) in [5.74, 6) is -0.495. The van der Waals surface area contributed by atoms with Crippen LogP contribution in [0.15, 0.2) is 0 Å². The van der Waals surface area contributed by atoms with Crippen LogP contribution in [0.1, 0.15) is 25.7 Å². The minimum atomic E-state index is -0.255. The van der Waals surface area contributed by atoms with Gasteiger partial charge in [0, 0.05) is 26.1 Å². The Hall–Kier alpha value is -1.59. The van der Waals surface area contributed by atoms with Crippen molar-refractivity contribution in [2.75, 3.05) is 33.3 Å². The molecule has 2 aliphatic rings.